The molecule has 1 N–H and O–H groups in total. The van der Waals surface area contributed by atoms with Gasteiger partial charge >= 0.3 is 0 Å². The summed E-state index contributed by atoms with van der Waals surface area (Å²) in [5, 5.41) is 1.79. The lowest BCUT2D eigenvalue weighted by molar-refractivity contribution is -0.00955. The molecule has 128 valence electrons. The molecule has 0 saturated heterocycles. The maximum atomic E-state index is 4.40. The molecule has 23 heavy (non-hydrogen) atoms. The maximum absolute atomic E-state index is 4.40. The Morgan fingerprint density at radius 2 is 1.35 bits per heavy atom. The van der Waals surface area contributed by atoms with Crippen LogP contribution in [0.4, 0.5) is 0 Å². The normalized spacial score (nSPS) is 43.0. The quantitative estimate of drug-likeness (QED) is 0.665. The summed E-state index contributed by atoms with van der Waals surface area (Å²) >= 11 is 0. The lowest BCUT2D eigenvalue weighted by Crippen LogP contribution is -2.66. The second-order valence-electron chi connectivity index (χ2n) is 10.0. The van der Waals surface area contributed by atoms with Crippen molar-refractivity contribution in [2.75, 3.05) is 0 Å². The van der Waals surface area contributed by atoms with Gasteiger partial charge < -0.3 is 4.98 Å². The second-order valence-corrected chi connectivity index (χ2v) is 14.1. The van der Waals surface area contributed by atoms with Crippen LogP contribution in [0.5, 0.6) is 0 Å². The Morgan fingerprint density at radius 1 is 0.870 bits per heavy atom. The van der Waals surface area contributed by atoms with E-state index in [2.05, 4.69) is 45.8 Å². The summed E-state index contributed by atoms with van der Waals surface area (Å²) in [5.74, 6) is 3.78. The highest BCUT2D eigenvalue weighted by Gasteiger charge is 2.53. The van der Waals surface area contributed by atoms with Gasteiger partial charge in [0.25, 0.3) is 0 Å². The molecule has 5 aliphatic rings. The first-order chi connectivity index (χ1) is 10.7. The second kappa shape index (κ2) is 5.08. The van der Waals surface area contributed by atoms with Crippen LogP contribution >= 0.6 is 0 Å². The summed E-state index contributed by atoms with van der Waals surface area (Å²) in [4.78, 5) is 4.40. The largest absolute Gasteiger partial charge is 0.329 e. The van der Waals surface area contributed by atoms with Gasteiger partial charge in [0.05, 0.1) is 0 Å². The highest BCUT2D eigenvalue weighted by Crippen LogP contribution is 2.56. The first-order valence-corrected chi connectivity index (χ1v) is 12.9. The van der Waals surface area contributed by atoms with Gasteiger partial charge in [-0.2, -0.15) is 0 Å². The van der Waals surface area contributed by atoms with Crippen molar-refractivity contribution in [3.05, 3.63) is 21.9 Å². The monoisotopic (exact) mass is 329 g/mol. The Labute approximate surface area is 144 Å². The predicted molar refractivity (Wildman–Crippen MR) is 102 cm³/mol. The molecule has 4 saturated carbocycles. The van der Waals surface area contributed by atoms with E-state index in [1.165, 1.54) is 19.3 Å². The van der Waals surface area contributed by atoms with Crippen molar-refractivity contribution < 1.29 is 0 Å². The van der Waals surface area contributed by atoms with Crippen molar-refractivity contribution in [3.8, 4) is 0 Å². The highest BCUT2D eigenvalue weighted by molar-refractivity contribution is 6.82. The van der Waals surface area contributed by atoms with Crippen molar-refractivity contribution in [3.63, 3.8) is 0 Å². The van der Waals surface area contributed by atoms with Gasteiger partial charge in [0.2, 0.25) is 0 Å². The van der Waals surface area contributed by atoms with Gasteiger partial charge in [-0.05, 0) is 88.5 Å². The van der Waals surface area contributed by atoms with E-state index in [-0.39, 0.29) is 0 Å². The van der Waals surface area contributed by atoms with Gasteiger partial charge in [0.1, 0.15) is 8.24 Å². The molecule has 4 bridgehead atoms. The lowest BCUT2D eigenvalue weighted by Gasteiger charge is -2.59. The smallest absolute Gasteiger partial charge is 0.148 e. The van der Waals surface area contributed by atoms with E-state index in [9.17, 15) is 0 Å². The molecule has 0 aliphatic heterocycles. The third-order valence-electron chi connectivity index (χ3n) is 7.93. The summed E-state index contributed by atoms with van der Waals surface area (Å²) in [6.07, 6.45) is 9.05. The van der Waals surface area contributed by atoms with E-state index >= 15 is 0 Å². The van der Waals surface area contributed by atoms with Crippen LogP contribution in [0.25, 0.3) is 0 Å². The van der Waals surface area contributed by atoms with Crippen LogP contribution in [0.2, 0.25) is 13.1 Å². The van der Waals surface area contributed by atoms with E-state index < -0.39 is 8.24 Å². The first-order valence-electron chi connectivity index (χ1n) is 9.89. The Morgan fingerprint density at radius 3 is 1.74 bits per heavy atom. The van der Waals surface area contributed by atoms with Crippen molar-refractivity contribution >= 4 is 8.24 Å². The SMILES string of the molecule is CC1=C(C)C(C)C([Si](C)(C)NC23CC4CC(CC(C4)C2)C3)=C1C. The van der Waals surface area contributed by atoms with Crippen LogP contribution in [-0.4, -0.2) is 13.8 Å². The Kier molecular flexibility index (Phi) is 3.56. The fraction of sp³-hybridized carbons (Fsp3) is 0.810. The van der Waals surface area contributed by atoms with E-state index in [1.54, 1.807) is 41.2 Å². The summed E-state index contributed by atoms with van der Waals surface area (Å²) in [6, 6.07) is 0. The van der Waals surface area contributed by atoms with Crippen molar-refractivity contribution in [1.82, 2.24) is 4.98 Å². The molecule has 1 atom stereocenters. The van der Waals surface area contributed by atoms with Gasteiger partial charge in [-0.3, -0.25) is 0 Å². The minimum Gasteiger partial charge on any atom is -0.329 e. The molecule has 4 fully saturated rings. The minimum absolute atomic E-state index is 0.502. The summed E-state index contributed by atoms with van der Waals surface area (Å²) in [6.45, 7) is 14.7. The average Bonchev–Trinajstić information content (AvgIpc) is 2.60. The maximum Gasteiger partial charge on any atom is 0.148 e. The number of allylic oxidation sites excluding steroid dienone is 4. The van der Waals surface area contributed by atoms with Crippen LogP contribution in [-0.2, 0) is 0 Å². The molecule has 0 aromatic carbocycles. The molecule has 1 nitrogen and oxygen atoms in total. The third-order valence-corrected chi connectivity index (χ3v) is 11.2. The molecule has 0 heterocycles. The van der Waals surface area contributed by atoms with E-state index in [0.29, 0.717) is 11.5 Å². The molecule has 2 heteroatoms. The molecule has 0 spiro atoms. The Bertz CT molecular complexity index is 560. The summed E-state index contributed by atoms with van der Waals surface area (Å²) < 4.78 is 0. The average molecular weight is 330 g/mol. The summed E-state index contributed by atoms with van der Waals surface area (Å²) in [7, 11) is -1.58. The zero-order valence-electron chi connectivity index (χ0n) is 16.1. The van der Waals surface area contributed by atoms with Crippen LogP contribution in [0.1, 0.15) is 66.2 Å². The standard InChI is InChI=1S/C21H35NSi/c1-13-14(2)16(4)20(15(13)3)23(5,6)22-21-10-17-7-18(11-21)9-19(8-17)12-21/h15,17-19,22H,7-12H2,1-6H3. The summed E-state index contributed by atoms with van der Waals surface area (Å²) in [5.41, 5.74) is 5.30. The zero-order valence-corrected chi connectivity index (χ0v) is 17.1. The first kappa shape index (κ1) is 16.1. The molecule has 5 rings (SSSR count). The van der Waals surface area contributed by atoms with Crippen molar-refractivity contribution in [1.29, 1.82) is 0 Å². The van der Waals surface area contributed by atoms with Gasteiger partial charge in [0.15, 0.2) is 0 Å². The predicted octanol–water partition coefficient (Wildman–Crippen LogP) is 5.59. The van der Waals surface area contributed by atoms with Crippen LogP contribution in [0.15, 0.2) is 21.9 Å². The Hall–Kier alpha value is -0.343. The fourth-order valence-electron chi connectivity index (χ4n) is 7.37. The number of hydrogen-bond acceptors (Lipinski definition) is 1. The van der Waals surface area contributed by atoms with Gasteiger partial charge in [-0.1, -0.05) is 36.4 Å². The Balaban J connectivity index is 1.61. The van der Waals surface area contributed by atoms with E-state index in [4.69, 9.17) is 0 Å². The van der Waals surface area contributed by atoms with Crippen LogP contribution in [0.3, 0.4) is 0 Å². The minimum atomic E-state index is -1.58. The fourth-order valence-corrected chi connectivity index (χ4v) is 11.6. The topological polar surface area (TPSA) is 12.0 Å². The molecule has 0 amide bonds. The number of hydrogen-bond donors (Lipinski definition) is 1. The molecular formula is C21H35NSi. The molecule has 0 aromatic rings. The van der Waals surface area contributed by atoms with Crippen molar-refractivity contribution in [2.24, 2.45) is 23.7 Å². The molecule has 5 aliphatic carbocycles. The molecule has 1 unspecified atom stereocenters. The number of rotatable bonds is 3. The van der Waals surface area contributed by atoms with Gasteiger partial charge in [-0.25, -0.2) is 0 Å². The zero-order chi connectivity index (χ0) is 16.6. The third kappa shape index (κ3) is 2.43. The van der Waals surface area contributed by atoms with Gasteiger partial charge in [-0.15, -0.1) is 0 Å². The molecule has 0 aromatic heterocycles. The van der Waals surface area contributed by atoms with E-state index in [0.717, 1.165) is 17.8 Å². The molecular weight excluding hydrogens is 294 g/mol. The van der Waals surface area contributed by atoms with Crippen LogP contribution in [0, 0.1) is 23.7 Å². The van der Waals surface area contributed by atoms with Gasteiger partial charge in [0, 0.05) is 5.54 Å². The lowest BCUT2D eigenvalue weighted by atomic mass is 9.53. The number of nitrogens with one attached hydrogen (secondary N) is 1. The highest BCUT2D eigenvalue weighted by atomic mass is 28.3. The van der Waals surface area contributed by atoms with Crippen LogP contribution < -0.4 is 4.98 Å². The molecule has 0 radical (unpaired) electrons. The van der Waals surface area contributed by atoms with E-state index in [1.807, 2.05) is 0 Å². The van der Waals surface area contributed by atoms with Crippen molar-refractivity contribution in [2.45, 2.75) is 84.9 Å².